The van der Waals surface area contributed by atoms with Gasteiger partial charge in [0, 0.05) is 6.04 Å². The molecule has 1 N–H and O–H groups in total. The average Bonchev–Trinajstić information content (AvgIpc) is 2.39. The zero-order chi connectivity index (χ0) is 12.5. The van der Waals surface area contributed by atoms with Crippen LogP contribution in [-0.4, -0.2) is 13.7 Å². The Morgan fingerprint density at radius 2 is 2.29 bits per heavy atom. The third kappa shape index (κ3) is 4.61. The van der Waals surface area contributed by atoms with E-state index in [1.54, 1.807) is 7.11 Å². The molecule has 0 heterocycles. The third-order valence-electron chi connectivity index (χ3n) is 2.80. The Morgan fingerprint density at radius 3 is 2.94 bits per heavy atom. The second kappa shape index (κ2) is 7.91. The quantitative estimate of drug-likeness (QED) is 0.691. The summed E-state index contributed by atoms with van der Waals surface area (Å²) < 4.78 is 5.27. The van der Waals surface area contributed by atoms with E-state index in [1.165, 1.54) is 5.56 Å². The third-order valence-corrected chi connectivity index (χ3v) is 2.80. The lowest BCUT2D eigenvalue weighted by atomic mass is 10.0. The van der Waals surface area contributed by atoms with Gasteiger partial charge in [0.1, 0.15) is 5.75 Å². The van der Waals surface area contributed by atoms with Crippen LogP contribution in [0.3, 0.4) is 0 Å². The first-order valence-corrected chi connectivity index (χ1v) is 6.30. The highest BCUT2D eigenvalue weighted by Crippen LogP contribution is 2.22. The second-order valence-corrected chi connectivity index (χ2v) is 4.15. The summed E-state index contributed by atoms with van der Waals surface area (Å²) in [6.07, 6.45) is 5.23. The Balaban J connectivity index is 2.74. The smallest absolute Gasteiger partial charge is 0.119 e. The summed E-state index contributed by atoms with van der Waals surface area (Å²) in [4.78, 5) is 0. The number of rotatable bonds is 8. The molecule has 0 fully saturated rings. The molecule has 0 radical (unpaired) electrons. The molecule has 94 valence electrons. The van der Waals surface area contributed by atoms with Gasteiger partial charge in [-0.05, 0) is 43.5 Å². The van der Waals surface area contributed by atoms with E-state index < -0.39 is 0 Å². The van der Waals surface area contributed by atoms with Crippen molar-refractivity contribution in [2.24, 2.45) is 0 Å². The lowest BCUT2D eigenvalue weighted by molar-refractivity contribution is 0.412. The van der Waals surface area contributed by atoms with Gasteiger partial charge in [-0.25, -0.2) is 0 Å². The number of methoxy groups -OCH3 is 1. The molecule has 0 saturated heterocycles. The standard InChI is InChI=1S/C15H23NO/c1-4-6-10-15(16-11-5-2)13-8-7-9-14(12-13)17-3/h4,7-9,12,15-16H,1,5-6,10-11H2,2-3H3. The van der Waals surface area contributed by atoms with Crippen LogP contribution in [0, 0.1) is 0 Å². The van der Waals surface area contributed by atoms with Gasteiger partial charge in [-0.1, -0.05) is 25.1 Å². The summed E-state index contributed by atoms with van der Waals surface area (Å²) in [5, 5.41) is 3.57. The fourth-order valence-corrected chi connectivity index (χ4v) is 1.85. The number of benzene rings is 1. The SMILES string of the molecule is C=CCCC(NCCC)c1cccc(OC)c1. The van der Waals surface area contributed by atoms with Crippen LogP contribution in [-0.2, 0) is 0 Å². The van der Waals surface area contributed by atoms with E-state index in [0.29, 0.717) is 6.04 Å². The molecule has 1 rings (SSSR count). The van der Waals surface area contributed by atoms with Gasteiger partial charge >= 0.3 is 0 Å². The summed E-state index contributed by atoms with van der Waals surface area (Å²) in [7, 11) is 1.71. The van der Waals surface area contributed by atoms with Crippen LogP contribution in [0.5, 0.6) is 5.75 Å². The maximum atomic E-state index is 5.27. The molecular formula is C15H23NO. The highest BCUT2D eigenvalue weighted by Gasteiger charge is 2.10. The number of hydrogen-bond donors (Lipinski definition) is 1. The van der Waals surface area contributed by atoms with Crippen molar-refractivity contribution in [2.45, 2.75) is 32.2 Å². The van der Waals surface area contributed by atoms with Gasteiger partial charge in [-0.2, -0.15) is 0 Å². The zero-order valence-electron chi connectivity index (χ0n) is 10.9. The molecule has 2 nitrogen and oxygen atoms in total. The van der Waals surface area contributed by atoms with Gasteiger partial charge < -0.3 is 10.1 Å². The van der Waals surface area contributed by atoms with Gasteiger partial charge in [0.2, 0.25) is 0 Å². The van der Waals surface area contributed by atoms with Crippen molar-refractivity contribution < 1.29 is 4.74 Å². The van der Waals surface area contributed by atoms with E-state index >= 15 is 0 Å². The van der Waals surface area contributed by atoms with E-state index in [0.717, 1.165) is 31.6 Å². The summed E-state index contributed by atoms with van der Waals surface area (Å²) in [6, 6.07) is 8.68. The van der Waals surface area contributed by atoms with Crippen LogP contribution in [0.4, 0.5) is 0 Å². The maximum absolute atomic E-state index is 5.27. The van der Waals surface area contributed by atoms with Gasteiger partial charge in [0.15, 0.2) is 0 Å². The average molecular weight is 233 g/mol. The molecule has 0 amide bonds. The molecule has 2 heteroatoms. The molecule has 1 aromatic carbocycles. The van der Waals surface area contributed by atoms with Crippen LogP contribution in [0.25, 0.3) is 0 Å². The number of allylic oxidation sites excluding steroid dienone is 1. The maximum Gasteiger partial charge on any atom is 0.119 e. The summed E-state index contributed by atoms with van der Waals surface area (Å²) in [5.74, 6) is 0.921. The largest absolute Gasteiger partial charge is 0.497 e. The highest BCUT2D eigenvalue weighted by atomic mass is 16.5. The Bertz CT molecular complexity index is 335. The summed E-state index contributed by atoms with van der Waals surface area (Å²) >= 11 is 0. The molecule has 1 aromatic rings. The number of nitrogens with one attached hydrogen (secondary N) is 1. The molecule has 0 aliphatic heterocycles. The molecule has 0 aliphatic rings. The van der Waals surface area contributed by atoms with E-state index in [4.69, 9.17) is 4.74 Å². The second-order valence-electron chi connectivity index (χ2n) is 4.15. The minimum Gasteiger partial charge on any atom is -0.497 e. The first-order chi connectivity index (χ1) is 8.31. The van der Waals surface area contributed by atoms with Crippen molar-refractivity contribution in [1.29, 1.82) is 0 Å². The van der Waals surface area contributed by atoms with E-state index in [9.17, 15) is 0 Å². The molecular weight excluding hydrogens is 210 g/mol. The molecule has 17 heavy (non-hydrogen) atoms. The topological polar surface area (TPSA) is 21.3 Å². The summed E-state index contributed by atoms with van der Waals surface area (Å²) in [6.45, 7) is 7.01. The predicted octanol–water partition coefficient (Wildman–Crippen LogP) is 3.70. The van der Waals surface area contributed by atoms with Crippen LogP contribution in [0.2, 0.25) is 0 Å². The number of ether oxygens (including phenoxy) is 1. The van der Waals surface area contributed by atoms with Crippen molar-refractivity contribution in [1.82, 2.24) is 5.32 Å². The van der Waals surface area contributed by atoms with Crippen LogP contribution in [0.1, 0.15) is 37.8 Å². The van der Waals surface area contributed by atoms with Crippen molar-refractivity contribution in [3.63, 3.8) is 0 Å². The van der Waals surface area contributed by atoms with Crippen LogP contribution >= 0.6 is 0 Å². The monoisotopic (exact) mass is 233 g/mol. The van der Waals surface area contributed by atoms with E-state index in [-0.39, 0.29) is 0 Å². The fourth-order valence-electron chi connectivity index (χ4n) is 1.85. The van der Waals surface area contributed by atoms with Gasteiger partial charge in [0.25, 0.3) is 0 Å². The van der Waals surface area contributed by atoms with Crippen molar-refractivity contribution >= 4 is 0 Å². The van der Waals surface area contributed by atoms with Crippen LogP contribution < -0.4 is 10.1 Å². The Hall–Kier alpha value is -1.28. The zero-order valence-corrected chi connectivity index (χ0v) is 10.9. The molecule has 1 atom stereocenters. The first kappa shape index (κ1) is 13.8. The Labute approximate surface area is 105 Å². The minimum atomic E-state index is 0.392. The molecule has 0 bridgehead atoms. The minimum absolute atomic E-state index is 0.392. The highest BCUT2D eigenvalue weighted by molar-refractivity contribution is 5.30. The normalized spacial score (nSPS) is 12.1. The molecule has 0 spiro atoms. The molecule has 0 aliphatic carbocycles. The van der Waals surface area contributed by atoms with Crippen LogP contribution in [0.15, 0.2) is 36.9 Å². The fraction of sp³-hybridized carbons (Fsp3) is 0.467. The van der Waals surface area contributed by atoms with Gasteiger partial charge in [-0.15, -0.1) is 6.58 Å². The first-order valence-electron chi connectivity index (χ1n) is 6.30. The van der Waals surface area contributed by atoms with Crippen molar-refractivity contribution in [2.75, 3.05) is 13.7 Å². The molecule has 0 aromatic heterocycles. The Kier molecular flexibility index (Phi) is 6.41. The predicted molar refractivity (Wildman–Crippen MR) is 73.5 cm³/mol. The molecule has 0 saturated carbocycles. The van der Waals surface area contributed by atoms with Crippen molar-refractivity contribution in [3.05, 3.63) is 42.5 Å². The lowest BCUT2D eigenvalue weighted by Gasteiger charge is -2.19. The van der Waals surface area contributed by atoms with Crippen molar-refractivity contribution in [3.8, 4) is 5.75 Å². The Morgan fingerprint density at radius 1 is 1.47 bits per heavy atom. The van der Waals surface area contributed by atoms with Gasteiger partial charge in [-0.3, -0.25) is 0 Å². The van der Waals surface area contributed by atoms with E-state index in [1.807, 2.05) is 18.2 Å². The number of hydrogen-bond acceptors (Lipinski definition) is 2. The molecule has 1 unspecified atom stereocenters. The van der Waals surface area contributed by atoms with E-state index in [2.05, 4.69) is 31.0 Å². The summed E-state index contributed by atoms with van der Waals surface area (Å²) in [5.41, 5.74) is 1.29. The van der Waals surface area contributed by atoms with Gasteiger partial charge in [0.05, 0.1) is 7.11 Å². The lowest BCUT2D eigenvalue weighted by Crippen LogP contribution is -2.22.